The van der Waals surface area contributed by atoms with E-state index in [0.717, 1.165) is 5.56 Å². The Kier molecular flexibility index (Phi) is 6.69. The fourth-order valence-corrected chi connectivity index (χ4v) is 2.96. The highest BCUT2D eigenvalue weighted by molar-refractivity contribution is 6.02. The first-order valence-electron chi connectivity index (χ1n) is 9.38. The largest absolute Gasteiger partial charge is 0.452 e. The number of imide groups is 2. The van der Waals surface area contributed by atoms with Crippen LogP contribution in [0.2, 0.25) is 0 Å². The van der Waals surface area contributed by atoms with E-state index < -0.39 is 24.4 Å². The molecule has 2 aromatic carbocycles. The van der Waals surface area contributed by atoms with Gasteiger partial charge in [0.1, 0.15) is 0 Å². The third kappa shape index (κ3) is 5.60. The van der Waals surface area contributed by atoms with Gasteiger partial charge in [-0.3, -0.25) is 29.4 Å². The highest BCUT2D eigenvalue weighted by Gasteiger charge is 2.28. The van der Waals surface area contributed by atoms with E-state index >= 15 is 0 Å². The van der Waals surface area contributed by atoms with Gasteiger partial charge in [0.05, 0.1) is 18.5 Å². The SMILES string of the molecule is O=C(COC(=O)c1ccc(CN2C(=O)CCC2=O)cc1)NC(=O)Cc1ccccc1. The summed E-state index contributed by atoms with van der Waals surface area (Å²) >= 11 is 0. The van der Waals surface area contributed by atoms with Gasteiger partial charge in [-0.2, -0.15) is 0 Å². The highest BCUT2D eigenvalue weighted by Crippen LogP contribution is 2.16. The van der Waals surface area contributed by atoms with Gasteiger partial charge >= 0.3 is 5.97 Å². The molecule has 1 N–H and O–H groups in total. The second-order valence-electron chi connectivity index (χ2n) is 6.78. The summed E-state index contributed by atoms with van der Waals surface area (Å²) in [6.45, 7) is -0.434. The lowest BCUT2D eigenvalue weighted by molar-refractivity contribution is -0.139. The van der Waals surface area contributed by atoms with Crippen LogP contribution in [0.5, 0.6) is 0 Å². The van der Waals surface area contributed by atoms with Crippen LogP contribution in [-0.4, -0.2) is 41.1 Å². The summed E-state index contributed by atoms with van der Waals surface area (Å²) in [4.78, 5) is 60.2. The van der Waals surface area contributed by atoms with E-state index in [9.17, 15) is 24.0 Å². The molecule has 0 radical (unpaired) electrons. The molecular formula is C22H20N2O6. The van der Waals surface area contributed by atoms with Crippen LogP contribution in [0, 0.1) is 0 Å². The fraction of sp³-hybridized carbons (Fsp3) is 0.227. The summed E-state index contributed by atoms with van der Waals surface area (Å²) in [5.74, 6) is -2.35. The molecule has 0 bridgehead atoms. The van der Waals surface area contributed by atoms with Crippen LogP contribution < -0.4 is 5.32 Å². The maximum absolute atomic E-state index is 12.1. The summed E-state index contributed by atoms with van der Waals surface area (Å²) in [5.41, 5.74) is 1.66. The second-order valence-corrected chi connectivity index (χ2v) is 6.78. The van der Waals surface area contributed by atoms with E-state index in [1.807, 2.05) is 6.07 Å². The number of rotatable bonds is 7. The van der Waals surface area contributed by atoms with Crippen molar-refractivity contribution in [1.82, 2.24) is 10.2 Å². The van der Waals surface area contributed by atoms with E-state index in [1.54, 1.807) is 36.4 Å². The maximum atomic E-state index is 12.1. The number of amides is 4. The van der Waals surface area contributed by atoms with Crippen molar-refractivity contribution in [3.05, 3.63) is 71.3 Å². The third-order valence-corrected chi connectivity index (χ3v) is 4.51. The normalized spacial score (nSPS) is 13.3. The van der Waals surface area contributed by atoms with Crippen molar-refractivity contribution < 1.29 is 28.7 Å². The van der Waals surface area contributed by atoms with Crippen molar-refractivity contribution in [2.24, 2.45) is 0 Å². The molecule has 0 aliphatic carbocycles. The Labute approximate surface area is 172 Å². The zero-order valence-electron chi connectivity index (χ0n) is 16.1. The molecule has 154 valence electrons. The zero-order chi connectivity index (χ0) is 21.5. The van der Waals surface area contributed by atoms with Crippen LogP contribution in [-0.2, 0) is 36.9 Å². The number of esters is 1. The van der Waals surface area contributed by atoms with Crippen LogP contribution in [0.25, 0.3) is 0 Å². The fourth-order valence-electron chi connectivity index (χ4n) is 2.96. The predicted octanol–water partition coefficient (Wildman–Crippen LogP) is 1.38. The highest BCUT2D eigenvalue weighted by atomic mass is 16.5. The molecule has 3 rings (SSSR count). The first-order valence-corrected chi connectivity index (χ1v) is 9.38. The lowest BCUT2D eigenvalue weighted by Gasteiger charge is -2.13. The molecule has 1 fully saturated rings. The Balaban J connectivity index is 1.45. The van der Waals surface area contributed by atoms with Crippen molar-refractivity contribution in [3.63, 3.8) is 0 Å². The van der Waals surface area contributed by atoms with E-state index in [1.165, 1.54) is 17.0 Å². The van der Waals surface area contributed by atoms with Gasteiger partial charge in [0.25, 0.3) is 5.91 Å². The zero-order valence-corrected chi connectivity index (χ0v) is 16.1. The summed E-state index contributed by atoms with van der Waals surface area (Å²) in [6, 6.07) is 15.1. The number of benzene rings is 2. The van der Waals surface area contributed by atoms with Crippen LogP contribution in [0.15, 0.2) is 54.6 Å². The van der Waals surface area contributed by atoms with Crippen LogP contribution in [0.4, 0.5) is 0 Å². The van der Waals surface area contributed by atoms with Crippen molar-refractivity contribution in [2.75, 3.05) is 6.61 Å². The maximum Gasteiger partial charge on any atom is 0.338 e. The Morgan fingerprint density at radius 3 is 2.10 bits per heavy atom. The van der Waals surface area contributed by atoms with Gasteiger partial charge in [-0.05, 0) is 23.3 Å². The quantitative estimate of drug-likeness (QED) is 0.548. The molecule has 0 saturated carbocycles. The molecule has 1 heterocycles. The Morgan fingerprint density at radius 2 is 1.47 bits per heavy atom. The predicted molar refractivity (Wildman–Crippen MR) is 105 cm³/mol. The molecule has 0 unspecified atom stereocenters. The standard InChI is InChI=1S/C22H20N2O6/c25-18(12-15-4-2-1-3-5-15)23-19(26)14-30-22(29)17-8-6-16(7-9-17)13-24-20(27)10-11-21(24)28/h1-9H,10-14H2,(H,23,25,26). The molecule has 0 aromatic heterocycles. The first-order chi connectivity index (χ1) is 14.4. The molecule has 8 heteroatoms. The number of nitrogens with one attached hydrogen (secondary N) is 1. The Bertz CT molecular complexity index is 953. The molecule has 1 saturated heterocycles. The minimum atomic E-state index is -0.722. The molecule has 1 aliphatic heterocycles. The van der Waals surface area contributed by atoms with Crippen LogP contribution in [0.1, 0.15) is 34.3 Å². The second kappa shape index (κ2) is 9.60. The van der Waals surface area contributed by atoms with Crippen molar-refractivity contribution in [2.45, 2.75) is 25.8 Å². The average molecular weight is 408 g/mol. The molecular weight excluding hydrogens is 388 g/mol. The molecule has 0 atom stereocenters. The summed E-state index contributed by atoms with van der Waals surface area (Å²) < 4.78 is 4.93. The van der Waals surface area contributed by atoms with E-state index in [0.29, 0.717) is 5.56 Å². The Morgan fingerprint density at radius 1 is 0.833 bits per heavy atom. The van der Waals surface area contributed by atoms with Gasteiger partial charge in [-0.1, -0.05) is 42.5 Å². The van der Waals surface area contributed by atoms with Gasteiger partial charge in [0.2, 0.25) is 17.7 Å². The van der Waals surface area contributed by atoms with Gasteiger partial charge < -0.3 is 4.74 Å². The van der Waals surface area contributed by atoms with Gasteiger partial charge in [0, 0.05) is 12.8 Å². The van der Waals surface area contributed by atoms with E-state index in [4.69, 9.17) is 4.74 Å². The summed E-state index contributed by atoms with van der Waals surface area (Å²) in [7, 11) is 0. The molecule has 30 heavy (non-hydrogen) atoms. The van der Waals surface area contributed by atoms with Gasteiger partial charge in [-0.15, -0.1) is 0 Å². The number of ether oxygens (including phenoxy) is 1. The molecule has 0 spiro atoms. The monoisotopic (exact) mass is 408 g/mol. The summed E-state index contributed by atoms with van der Waals surface area (Å²) in [6.07, 6.45) is 0.488. The Hall–Kier alpha value is -3.81. The van der Waals surface area contributed by atoms with E-state index in [2.05, 4.69) is 5.32 Å². The molecule has 8 nitrogen and oxygen atoms in total. The molecule has 1 aliphatic rings. The smallest absolute Gasteiger partial charge is 0.338 e. The number of carbonyl (C=O) groups excluding carboxylic acids is 5. The average Bonchev–Trinajstić information content (AvgIpc) is 3.05. The van der Waals surface area contributed by atoms with Crippen molar-refractivity contribution in [1.29, 1.82) is 0 Å². The minimum absolute atomic E-state index is 0.0456. The minimum Gasteiger partial charge on any atom is -0.452 e. The molecule has 2 aromatic rings. The number of likely N-dealkylation sites (tertiary alicyclic amines) is 1. The summed E-state index contributed by atoms with van der Waals surface area (Å²) in [5, 5.41) is 2.17. The number of hydrogen-bond donors (Lipinski definition) is 1. The van der Waals surface area contributed by atoms with Crippen molar-refractivity contribution >= 4 is 29.6 Å². The first kappa shape index (κ1) is 20.9. The van der Waals surface area contributed by atoms with E-state index in [-0.39, 0.29) is 43.2 Å². The van der Waals surface area contributed by atoms with Gasteiger partial charge in [0.15, 0.2) is 6.61 Å². The molecule has 4 amide bonds. The number of carbonyl (C=O) groups is 5. The third-order valence-electron chi connectivity index (χ3n) is 4.51. The topological polar surface area (TPSA) is 110 Å². The number of hydrogen-bond acceptors (Lipinski definition) is 6. The lowest BCUT2D eigenvalue weighted by Crippen LogP contribution is -2.35. The lowest BCUT2D eigenvalue weighted by atomic mass is 10.1. The number of nitrogens with zero attached hydrogens (tertiary/aromatic N) is 1. The van der Waals surface area contributed by atoms with Crippen molar-refractivity contribution in [3.8, 4) is 0 Å². The van der Waals surface area contributed by atoms with Crippen LogP contribution in [0.3, 0.4) is 0 Å². The van der Waals surface area contributed by atoms with Crippen LogP contribution >= 0.6 is 0 Å². The van der Waals surface area contributed by atoms with Gasteiger partial charge in [-0.25, -0.2) is 4.79 Å².